The van der Waals surface area contributed by atoms with Gasteiger partial charge in [-0.25, -0.2) is 0 Å². The quantitative estimate of drug-likeness (QED) is 0.911. The number of ether oxygens (including phenoxy) is 1. The second kappa shape index (κ2) is 7.55. The number of hydrogen-bond donors (Lipinski definition) is 1. The fourth-order valence-electron chi connectivity index (χ4n) is 2.62. The molecule has 24 heavy (non-hydrogen) atoms. The molecule has 0 aromatic heterocycles. The van der Waals surface area contributed by atoms with Gasteiger partial charge in [-0.2, -0.15) is 13.2 Å². The molecule has 2 rings (SSSR count). The molecule has 1 N–H and O–H groups in total. The lowest BCUT2D eigenvalue weighted by Gasteiger charge is -2.33. The number of rotatable bonds is 4. The Morgan fingerprint density at radius 3 is 2.71 bits per heavy atom. The van der Waals surface area contributed by atoms with Crippen LogP contribution in [-0.2, 0) is 4.79 Å². The van der Waals surface area contributed by atoms with Crippen LogP contribution in [0.4, 0.5) is 13.2 Å². The van der Waals surface area contributed by atoms with Crippen LogP contribution in [0.5, 0.6) is 5.75 Å². The normalized spacial score (nSPS) is 18.2. The number of carbonyl (C=O) groups excluding carboxylic acids is 2. The van der Waals surface area contributed by atoms with Crippen molar-refractivity contribution in [1.29, 1.82) is 0 Å². The molecular formula is C16H19F3N2O3. The molecule has 0 unspecified atom stereocenters. The van der Waals surface area contributed by atoms with Crippen LogP contribution < -0.4 is 10.1 Å². The predicted octanol–water partition coefficient (Wildman–Crippen LogP) is 2.23. The first kappa shape index (κ1) is 18.1. The summed E-state index contributed by atoms with van der Waals surface area (Å²) < 4.78 is 43.8. The summed E-state index contributed by atoms with van der Waals surface area (Å²) >= 11 is 0. The van der Waals surface area contributed by atoms with Gasteiger partial charge in [0.15, 0.2) is 6.61 Å². The number of halogens is 3. The summed E-state index contributed by atoms with van der Waals surface area (Å²) in [5.41, 5.74) is 0.264. The summed E-state index contributed by atoms with van der Waals surface area (Å²) in [5, 5.41) is 2.46. The van der Waals surface area contributed by atoms with Gasteiger partial charge in [0.1, 0.15) is 5.75 Å². The number of alkyl halides is 3. The summed E-state index contributed by atoms with van der Waals surface area (Å²) in [7, 11) is 1.47. The third-order valence-electron chi connectivity index (χ3n) is 3.95. The number of nitrogens with zero attached hydrogens (tertiary/aromatic N) is 1. The van der Waals surface area contributed by atoms with Crippen LogP contribution in [0.3, 0.4) is 0 Å². The number of likely N-dealkylation sites (tertiary alicyclic amines) is 1. The van der Waals surface area contributed by atoms with Gasteiger partial charge >= 0.3 is 6.18 Å². The number of para-hydroxylation sites is 1. The van der Waals surface area contributed by atoms with Crippen LogP contribution in [0, 0.1) is 5.92 Å². The molecular weight excluding hydrogens is 325 g/mol. The lowest BCUT2D eigenvalue weighted by molar-refractivity contribution is -0.188. The smallest absolute Gasteiger partial charge is 0.393 e. The zero-order valence-electron chi connectivity index (χ0n) is 13.2. The van der Waals surface area contributed by atoms with Gasteiger partial charge in [-0.15, -0.1) is 0 Å². The summed E-state index contributed by atoms with van der Waals surface area (Å²) in [6.45, 7) is -0.465. The zero-order valence-corrected chi connectivity index (χ0v) is 13.2. The monoisotopic (exact) mass is 344 g/mol. The Morgan fingerprint density at radius 2 is 2.04 bits per heavy atom. The number of hydrogen-bond acceptors (Lipinski definition) is 3. The third kappa shape index (κ3) is 4.39. The average molecular weight is 344 g/mol. The van der Waals surface area contributed by atoms with Crippen molar-refractivity contribution in [1.82, 2.24) is 10.2 Å². The molecule has 8 heteroatoms. The Bertz CT molecular complexity index is 604. The van der Waals surface area contributed by atoms with E-state index in [1.165, 1.54) is 18.0 Å². The van der Waals surface area contributed by atoms with Gasteiger partial charge < -0.3 is 15.0 Å². The lowest BCUT2D eigenvalue weighted by atomic mass is 9.97. The maximum absolute atomic E-state index is 12.8. The van der Waals surface area contributed by atoms with Crippen molar-refractivity contribution >= 4 is 11.8 Å². The van der Waals surface area contributed by atoms with Crippen molar-refractivity contribution in [2.45, 2.75) is 19.0 Å². The van der Waals surface area contributed by atoms with E-state index in [1.807, 2.05) is 0 Å². The highest BCUT2D eigenvalue weighted by Gasteiger charge is 2.42. The first-order chi connectivity index (χ1) is 11.3. The molecule has 0 spiro atoms. The van der Waals surface area contributed by atoms with Crippen molar-refractivity contribution in [3.63, 3.8) is 0 Å². The first-order valence-corrected chi connectivity index (χ1v) is 7.61. The number of nitrogens with one attached hydrogen (secondary N) is 1. The maximum Gasteiger partial charge on any atom is 0.393 e. The van der Waals surface area contributed by atoms with E-state index in [4.69, 9.17) is 4.74 Å². The van der Waals surface area contributed by atoms with E-state index in [0.717, 1.165) is 0 Å². The fourth-order valence-corrected chi connectivity index (χ4v) is 2.62. The Balaban J connectivity index is 1.97. The summed E-state index contributed by atoms with van der Waals surface area (Å²) in [6.07, 6.45) is -3.95. The zero-order chi connectivity index (χ0) is 17.7. The molecule has 5 nitrogen and oxygen atoms in total. The van der Waals surface area contributed by atoms with Crippen LogP contribution in [0.15, 0.2) is 24.3 Å². The predicted molar refractivity (Wildman–Crippen MR) is 80.7 cm³/mol. The average Bonchev–Trinajstić information content (AvgIpc) is 2.58. The minimum atomic E-state index is -4.30. The topological polar surface area (TPSA) is 58.6 Å². The van der Waals surface area contributed by atoms with Gasteiger partial charge in [-0.05, 0) is 25.0 Å². The Labute approximate surface area is 137 Å². The van der Waals surface area contributed by atoms with E-state index in [1.54, 1.807) is 18.2 Å². The van der Waals surface area contributed by atoms with E-state index in [9.17, 15) is 22.8 Å². The van der Waals surface area contributed by atoms with E-state index in [-0.39, 0.29) is 36.7 Å². The summed E-state index contributed by atoms with van der Waals surface area (Å²) in [5.74, 6) is -2.16. The number of piperidine rings is 1. The maximum atomic E-state index is 12.8. The molecule has 1 aliphatic heterocycles. The van der Waals surface area contributed by atoms with E-state index < -0.39 is 24.6 Å². The second-order valence-corrected chi connectivity index (χ2v) is 5.58. The van der Waals surface area contributed by atoms with Crippen molar-refractivity contribution in [2.24, 2.45) is 5.92 Å². The van der Waals surface area contributed by atoms with Gasteiger partial charge in [0, 0.05) is 20.1 Å². The first-order valence-electron chi connectivity index (χ1n) is 7.61. The minimum Gasteiger partial charge on any atom is -0.483 e. The van der Waals surface area contributed by atoms with Gasteiger partial charge in [0.25, 0.3) is 11.8 Å². The van der Waals surface area contributed by atoms with Crippen LogP contribution in [0.25, 0.3) is 0 Å². The van der Waals surface area contributed by atoms with Crippen molar-refractivity contribution in [3.8, 4) is 5.75 Å². The lowest BCUT2D eigenvalue weighted by Crippen LogP contribution is -2.46. The van der Waals surface area contributed by atoms with Gasteiger partial charge in [-0.3, -0.25) is 9.59 Å². The molecule has 1 heterocycles. The Kier molecular flexibility index (Phi) is 5.69. The van der Waals surface area contributed by atoms with Crippen molar-refractivity contribution in [2.75, 3.05) is 26.7 Å². The summed E-state index contributed by atoms with van der Waals surface area (Å²) in [6, 6.07) is 6.37. The molecule has 1 saturated heterocycles. The van der Waals surface area contributed by atoms with E-state index in [0.29, 0.717) is 6.42 Å². The van der Waals surface area contributed by atoms with Gasteiger partial charge in [-0.1, -0.05) is 12.1 Å². The number of carbonyl (C=O) groups is 2. The highest BCUT2D eigenvalue weighted by atomic mass is 19.4. The third-order valence-corrected chi connectivity index (χ3v) is 3.95. The Hall–Kier alpha value is -2.25. The summed E-state index contributed by atoms with van der Waals surface area (Å²) in [4.78, 5) is 25.0. The molecule has 1 aromatic carbocycles. The van der Waals surface area contributed by atoms with Crippen LogP contribution in [0.1, 0.15) is 23.2 Å². The van der Waals surface area contributed by atoms with Crippen LogP contribution >= 0.6 is 0 Å². The van der Waals surface area contributed by atoms with Gasteiger partial charge in [0.2, 0.25) is 0 Å². The molecule has 1 fully saturated rings. The highest BCUT2D eigenvalue weighted by molar-refractivity contribution is 5.96. The Morgan fingerprint density at radius 1 is 1.33 bits per heavy atom. The van der Waals surface area contributed by atoms with E-state index >= 15 is 0 Å². The number of amides is 2. The SMILES string of the molecule is CNC(=O)c1ccccc1OCC(=O)N1CCC[C@@H](C(F)(F)F)C1. The van der Waals surface area contributed by atoms with Crippen LogP contribution in [-0.4, -0.2) is 49.6 Å². The van der Waals surface area contributed by atoms with Crippen LogP contribution in [0.2, 0.25) is 0 Å². The second-order valence-electron chi connectivity index (χ2n) is 5.58. The molecule has 1 aromatic rings. The van der Waals surface area contributed by atoms with Gasteiger partial charge in [0.05, 0.1) is 11.5 Å². The molecule has 2 amide bonds. The fraction of sp³-hybridized carbons (Fsp3) is 0.500. The largest absolute Gasteiger partial charge is 0.483 e. The van der Waals surface area contributed by atoms with E-state index in [2.05, 4.69) is 5.32 Å². The molecule has 1 atom stereocenters. The molecule has 1 aliphatic rings. The molecule has 132 valence electrons. The molecule has 0 radical (unpaired) electrons. The number of benzene rings is 1. The molecule has 0 bridgehead atoms. The highest BCUT2D eigenvalue weighted by Crippen LogP contribution is 2.33. The standard InChI is InChI=1S/C16H19F3N2O3/c1-20-15(23)12-6-2-3-7-13(12)24-10-14(22)21-8-4-5-11(9-21)16(17,18)19/h2-3,6-7,11H,4-5,8-10H2,1H3,(H,20,23)/t11-/m1/s1. The van der Waals surface area contributed by atoms with Crippen molar-refractivity contribution < 1.29 is 27.5 Å². The minimum absolute atomic E-state index is 0.0354. The molecule has 0 saturated carbocycles. The van der Waals surface area contributed by atoms with Crippen molar-refractivity contribution in [3.05, 3.63) is 29.8 Å². The molecule has 0 aliphatic carbocycles.